The Kier molecular flexibility index (Phi) is 9.46. The second-order valence-corrected chi connectivity index (χ2v) is 9.04. The van der Waals surface area contributed by atoms with Gasteiger partial charge in [0.25, 0.3) is 5.91 Å². The maximum atomic E-state index is 13.3. The molecule has 8 nitrogen and oxygen atoms in total. The number of nitrogens with one attached hydrogen (secondary N) is 3. The topological polar surface area (TPSA) is 117 Å². The molecule has 1 aliphatic carbocycles. The fraction of sp³-hybridized carbons (Fsp3) is 0.400. The Balaban J connectivity index is 1.60. The van der Waals surface area contributed by atoms with Crippen molar-refractivity contribution in [1.82, 2.24) is 20.9 Å². The Bertz CT molecular complexity index is 1090. The minimum absolute atomic E-state index is 0.0225. The van der Waals surface area contributed by atoms with Gasteiger partial charge in [-0.3, -0.25) is 24.2 Å². The number of benzene rings is 1. The molecule has 1 fully saturated rings. The lowest BCUT2D eigenvalue weighted by Gasteiger charge is -2.27. The van der Waals surface area contributed by atoms with E-state index in [0.29, 0.717) is 16.3 Å². The van der Waals surface area contributed by atoms with Gasteiger partial charge >= 0.3 is 0 Å². The molecule has 1 atom stereocenters. The van der Waals surface area contributed by atoms with Crippen molar-refractivity contribution >= 4 is 35.1 Å². The molecule has 0 bridgehead atoms. The van der Waals surface area contributed by atoms with Crippen molar-refractivity contribution in [3.8, 4) is 0 Å². The van der Waals surface area contributed by atoms with Crippen LogP contribution in [0.5, 0.6) is 0 Å². The van der Waals surface area contributed by atoms with Crippen molar-refractivity contribution in [2.24, 2.45) is 5.92 Å². The molecule has 3 amide bonds. The first-order valence-corrected chi connectivity index (χ1v) is 11.9. The molecule has 1 aromatic carbocycles. The molecule has 1 aliphatic rings. The number of halogens is 3. The highest BCUT2D eigenvalue weighted by Crippen LogP contribution is 2.36. The van der Waals surface area contributed by atoms with Crippen molar-refractivity contribution in [2.45, 2.75) is 50.6 Å². The van der Waals surface area contributed by atoms with Gasteiger partial charge in [-0.2, -0.15) is 0 Å². The van der Waals surface area contributed by atoms with Gasteiger partial charge in [-0.1, -0.05) is 35.9 Å². The summed E-state index contributed by atoms with van der Waals surface area (Å²) in [6.07, 6.45) is 0.817. The lowest BCUT2D eigenvalue weighted by atomic mass is 9.86. The number of carbonyl (C=O) groups is 4. The van der Waals surface area contributed by atoms with Crippen LogP contribution in [-0.2, 0) is 32.1 Å². The minimum atomic E-state index is -2.77. The molecule has 0 aliphatic heterocycles. The maximum absolute atomic E-state index is 13.3. The molecule has 0 unspecified atom stereocenters. The van der Waals surface area contributed by atoms with Crippen LogP contribution in [0.25, 0.3) is 0 Å². The number of ketones is 1. The quantitative estimate of drug-likeness (QED) is 0.416. The molecule has 192 valence electrons. The molecule has 1 saturated carbocycles. The zero-order valence-electron chi connectivity index (χ0n) is 19.4. The van der Waals surface area contributed by atoms with Crippen LogP contribution in [0.3, 0.4) is 0 Å². The average Bonchev–Trinajstić information content (AvgIpc) is 2.86. The van der Waals surface area contributed by atoms with E-state index in [-0.39, 0.29) is 38.6 Å². The van der Waals surface area contributed by atoms with E-state index in [2.05, 4.69) is 20.9 Å². The SMILES string of the molecule is O=C(CNC(=O)C1CCC(F)(F)CC1)N[C@H](Cc1ccccc1Cl)C(=O)C(=O)NCc1ccccn1. The van der Waals surface area contributed by atoms with Crippen molar-refractivity contribution in [2.75, 3.05) is 6.54 Å². The Morgan fingerprint density at radius 1 is 1.03 bits per heavy atom. The van der Waals surface area contributed by atoms with Crippen molar-refractivity contribution in [3.63, 3.8) is 0 Å². The summed E-state index contributed by atoms with van der Waals surface area (Å²) >= 11 is 6.20. The van der Waals surface area contributed by atoms with E-state index in [1.807, 2.05) is 0 Å². The summed E-state index contributed by atoms with van der Waals surface area (Å²) in [4.78, 5) is 54.4. The first-order chi connectivity index (χ1) is 17.1. The van der Waals surface area contributed by atoms with E-state index < -0.39 is 47.9 Å². The van der Waals surface area contributed by atoms with Crippen LogP contribution in [0, 0.1) is 5.92 Å². The van der Waals surface area contributed by atoms with Gasteiger partial charge in [-0.05, 0) is 36.6 Å². The third-order valence-electron chi connectivity index (χ3n) is 5.92. The number of hydrogen-bond donors (Lipinski definition) is 3. The van der Waals surface area contributed by atoms with E-state index in [1.165, 1.54) is 0 Å². The van der Waals surface area contributed by atoms with E-state index >= 15 is 0 Å². The third-order valence-corrected chi connectivity index (χ3v) is 6.29. The third kappa shape index (κ3) is 8.08. The standard InChI is InChI=1S/C25H27ClF2N4O4/c26-19-7-2-1-5-17(19)13-20(22(34)24(36)30-14-18-6-3-4-12-29-18)32-21(33)15-31-23(35)16-8-10-25(27,28)11-9-16/h1-7,12,16,20H,8-11,13-15H2,(H,30,36)(H,31,35)(H,32,33)/t20-/m1/s1. The Morgan fingerprint density at radius 2 is 1.72 bits per heavy atom. The highest BCUT2D eigenvalue weighted by molar-refractivity contribution is 6.38. The molecule has 1 heterocycles. The summed E-state index contributed by atoms with van der Waals surface area (Å²) in [7, 11) is 0. The summed E-state index contributed by atoms with van der Waals surface area (Å²) in [6, 6.07) is 10.6. The molecule has 11 heteroatoms. The summed E-state index contributed by atoms with van der Waals surface area (Å²) in [5.74, 6) is -6.37. The van der Waals surface area contributed by atoms with E-state index in [9.17, 15) is 28.0 Å². The van der Waals surface area contributed by atoms with E-state index in [0.717, 1.165) is 0 Å². The fourth-order valence-electron chi connectivity index (χ4n) is 3.87. The second-order valence-electron chi connectivity index (χ2n) is 8.63. The van der Waals surface area contributed by atoms with E-state index in [4.69, 9.17) is 11.6 Å². The highest BCUT2D eigenvalue weighted by atomic mass is 35.5. The molecule has 0 saturated heterocycles. The number of alkyl halides is 2. The molecule has 2 aromatic rings. The van der Waals surface area contributed by atoms with Gasteiger partial charge in [0.05, 0.1) is 18.8 Å². The van der Waals surface area contributed by atoms with Gasteiger partial charge < -0.3 is 16.0 Å². The molecule has 0 spiro atoms. The summed E-state index contributed by atoms with van der Waals surface area (Å²) in [5.41, 5.74) is 1.09. The van der Waals surface area contributed by atoms with Crippen LogP contribution in [-0.4, -0.2) is 47.0 Å². The van der Waals surface area contributed by atoms with Crippen molar-refractivity contribution in [1.29, 1.82) is 0 Å². The number of nitrogens with zero attached hydrogens (tertiary/aromatic N) is 1. The molecule has 3 N–H and O–H groups in total. The second kappa shape index (κ2) is 12.5. The average molecular weight is 521 g/mol. The molecule has 3 rings (SSSR count). The normalized spacial score (nSPS) is 16.0. The van der Waals surface area contributed by atoms with E-state index in [1.54, 1.807) is 48.7 Å². The monoisotopic (exact) mass is 520 g/mol. The Labute approximate surface area is 212 Å². The smallest absolute Gasteiger partial charge is 0.289 e. The Hall–Kier alpha value is -3.40. The van der Waals surface area contributed by atoms with Crippen molar-refractivity contribution < 1.29 is 28.0 Å². The largest absolute Gasteiger partial charge is 0.347 e. The first-order valence-electron chi connectivity index (χ1n) is 11.5. The van der Waals surface area contributed by atoms with Gasteiger partial charge in [-0.25, -0.2) is 8.78 Å². The number of amides is 3. The van der Waals surface area contributed by atoms with Gasteiger partial charge in [0, 0.05) is 36.4 Å². The van der Waals surface area contributed by atoms with Crippen LogP contribution < -0.4 is 16.0 Å². The van der Waals surface area contributed by atoms with Crippen LogP contribution in [0.2, 0.25) is 5.02 Å². The molecule has 36 heavy (non-hydrogen) atoms. The zero-order chi connectivity index (χ0) is 26.1. The Morgan fingerprint density at radius 3 is 2.39 bits per heavy atom. The minimum Gasteiger partial charge on any atom is -0.347 e. The van der Waals surface area contributed by atoms with Crippen LogP contribution in [0.15, 0.2) is 48.7 Å². The lowest BCUT2D eigenvalue weighted by molar-refractivity contribution is -0.140. The summed E-state index contributed by atoms with van der Waals surface area (Å²) in [5, 5.41) is 7.77. The molecule has 0 radical (unpaired) electrons. The van der Waals surface area contributed by atoms with Gasteiger partial charge in [-0.15, -0.1) is 0 Å². The number of Topliss-reactive ketones (excluding diaryl/α,β-unsaturated/α-hetero) is 1. The number of rotatable bonds is 10. The summed E-state index contributed by atoms with van der Waals surface area (Å²) < 4.78 is 26.7. The van der Waals surface area contributed by atoms with Crippen LogP contribution in [0.1, 0.15) is 36.9 Å². The predicted molar refractivity (Wildman–Crippen MR) is 128 cm³/mol. The lowest BCUT2D eigenvalue weighted by Crippen LogP contribution is -2.51. The van der Waals surface area contributed by atoms with Crippen molar-refractivity contribution in [3.05, 3.63) is 64.9 Å². The zero-order valence-corrected chi connectivity index (χ0v) is 20.2. The number of aromatic nitrogens is 1. The van der Waals surface area contributed by atoms with Crippen LogP contribution in [0.4, 0.5) is 8.78 Å². The van der Waals surface area contributed by atoms with Gasteiger partial charge in [0.15, 0.2) is 0 Å². The highest BCUT2D eigenvalue weighted by Gasteiger charge is 2.37. The molecular formula is C25H27ClF2N4O4. The summed E-state index contributed by atoms with van der Waals surface area (Å²) in [6.45, 7) is -0.442. The predicted octanol–water partition coefficient (Wildman–Crippen LogP) is 2.59. The van der Waals surface area contributed by atoms with Gasteiger partial charge in [0.1, 0.15) is 6.04 Å². The first kappa shape index (κ1) is 27.2. The van der Waals surface area contributed by atoms with Gasteiger partial charge in [0.2, 0.25) is 23.5 Å². The van der Waals surface area contributed by atoms with Crippen LogP contribution >= 0.6 is 11.6 Å². The fourth-order valence-corrected chi connectivity index (χ4v) is 4.08. The maximum Gasteiger partial charge on any atom is 0.289 e. The molecule has 1 aromatic heterocycles. The number of carbonyl (C=O) groups excluding carboxylic acids is 4. The molecular weight excluding hydrogens is 494 g/mol. The number of pyridine rings is 1. The number of hydrogen-bond acceptors (Lipinski definition) is 5.